The van der Waals surface area contributed by atoms with Crippen LogP contribution in [0.1, 0.15) is 52.9 Å². The molecule has 0 aliphatic carbocycles. The van der Waals surface area contributed by atoms with Gasteiger partial charge >= 0.3 is 0 Å². The summed E-state index contributed by atoms with van der Waals surface area (Å²) < 4.78 is 0. The van der Waals surface area contributed by atoms with Crippen molar-refractivity contribution >= 4 is 11.8 Å². The van der Waals surface area contributed by atoms with Gasteiger partial charge in [0.1, 0.15) is 0 Å². The minimum atomic E-state index is -0.409. The first kappa shape index (κ1) is 10.8. The van der Waals surface area contributed by atoms with Crippen LogP contribution in [0.4, 0.5) is 0 Å². The Labute approximate surface area is 91.7 Å². The first-order valence-electron chi connectivity index (χ1n) is 5.79. The Hall–Kier alpha value is 0.310. The first-order valence-corrected chi connectivity index (χ1v) is 6.73. The minimum absolute atomic E-state index is 0.0435. The standard InChI is InChI=1S/C12H22OS/c1-11(2,3)12(13)7-9-5-4-6-10(8-12)14-9/h9-10,13H,4-8H2,1-3H3. The Kier molecular flexibility index (Phi) is 2.64. The maximum Gasteiger partial charge on any atom is 0.0716 e. The van der Waals surface area contributed by atoms with Crippen LogP contribution in [-0.2, 0) is 0 Å². The van der Waals surface area contributed by atoms with Gasteiger partial charge in [-0.3, -0.25) is 0 Å². The minimum Gasteiger partial charge on any atom is -0.389 e. The average Bonchev–Trinajstić information content (AvgIpc) is 2.00. The highest BCUT2D eigenvalue weighted by Gasteiger charge is 2.47. The van der Waals surface area contributed by atoms with Crippen LogP contribution in [0.3, 0.4) is 0 Å². The van der Waals surface area contributed by atoms with Crippen LogP contribution in [0, 0.1) is 5.41 Å². The topological polar surface area (TPSA) is 20.2 Å². The van der Waals surface area contributed by atoms with E-state index in [1.54, 1.807) is 0 Å². The predicted molar refractivity (Wildman–Crippen MR) is 62.7 cm³/mol. The molecule has 14 heavy (non-hydrogen) atoms. The van der Waals surface area contributed by atoms with Crippen LogP contribution in [-0.4, -0.2) is 21.2 Å². The highest BCUT2D eigenvalue weighted by Crippen LogP contribution is 2.51. The van der Waals surface area contributed by atoms with E-state index < -0.39 is 5.60 Å². The molecule has 2 heteroatoms. The monoisotopic (exact) mass is 214 g/mol. The van der Waals surface area contributed by atoms with Gasteiger partial charge in [-0.15, -0.1) is 0 Å². The van der Waals surface area contributed by atoms with Crippen LogP contribution in [0.5, 0.6) is 0 Å². The molecule has 2 aliphatic heterocycles. The summed E-state index contributed by atoms with van der Waals surface area (Å²) in [7, 11) is 0. The third-order valence-electron chi connectivity index (χ3n) is 3.96. The second-order valence-corrected chi connectivity index (χ2v) is 7.61. The maximum atomic E-state index is 10.7. The van der Waals surface area contributed by atoms with E-state index >= 15 is 0 Å². The van der Waals surface area contributed by atoms with Gasteiger partial charge in [0.05, 0.1) is 5.60 Å². The smallest absolute Gasteiger partial charge is 0.0716 e. The fraction of sp³-hybridized carbons (Fsp3) is 1.00. The SMILES string of the molecule is CC(C)(C)C1(O)CC2CCCC(C1)S2. The molecule has 2 bridgehead atoms. The lowest BCUT2D eigenvalue weighted by Crippen LogP contribution is -2.51. The van der Waals surface area contributed by atoms with E-state index in [1.807, 2.05) is 0 Å². The van der Waals surface area contributed by atoms with E-state index in [-0.39, 0.29) is 5.41 Å². The molecule has 0 aromatic rings. The molecule has 2 aliphatic rings. The summed E-state index contributed by atoms with van der Waals surface area (Å²) >= 11 is 2.13. The molecule has 1 nitrogen and oxygen atoms in total. The third-order valence-corrected chi connectivity index (χ3v) is 5.54. The predicted octanol–water partition coefficient (Wildman–Crippen LogP) is 3.21. The largest absolute Gasteiger partial charge is 0.389 e. The second kappa shape index (κ2) is 3.41. The molecule has 0 radical (unpaired) electrons. The van der Waals surface area contributed by atoms with Gasteiger partial charge in [0.25, 0.3) is 0 Å². The summed E-state index contributed by atoms with van der Waals surface area (Å²) in [6.07, 6.45) is 6.04. The van der Waals surface area contributed by atoms with E-state index in [9.17, 15) is 5.11 Å². The van der Waals surface area contributed by atoms with Crippen molar-refractivity contribution in [3.8, 4) is 0 Å². The van der Waals surface area contributed by atoms with Gasteiger partial charge < -0.3 is 5.11 Å². The molecule has 0 aromatic heterocycles. The molecule has 2 rings (SSSR count). The van der Waals surface area contributed by atoms with Crippen molar-refractivity contribution in [3.05, 3.63) is 0 Å². The van der Waals surface area contributed by atoms with E-state index in [4.69, 9.17) is 0 Å². The Morgan fingerprint density at radius 3 is 2.07 bits per heavy atom. The van der Waals surface area contributed by atoms with Gasteiger partial charge in [0, 0.05) is 10.5 Å². The number of rotatable bonds is 0. The fourth-order valence-corrected chi connectivity index (χ4v) is 4.62. The van der Waals surface area contributed by atoms with Crippen molar-refractivity contribution < 1.29 is 5.11 Å². The molecular weight excluding hydrogens is 192 g/mol. The highest BCUT2D eigenvalue weighted by molar-refractivity contribution is 8.00. The molecule has 82 valence electrons. The van der Waals surface area contributed by atoms with Crippen LogP contribution in [0.15, 0.2) is 0 Å². The van der Waals surface area contributed by atoms with Crippen LogP contribution in [0.2, 0.25) is 0 Å². The second-order valence-electron chi connectivity index (χ2n) is 6.00. The third kappa shape index (κ3) is 1.83. The number of fused-ring (bicyclic) bond motifs is 2. The van der Waals surface area contributed by atoms with E-state index in [0.29, 0.717) is 0 Å². The number of aliphatic hydroxyl groups is 1. The molecule has 2 saturated heterocycles. The summed E-state index contributed by atoms with van der Waals surface area (Å²) in [6.45, 7) is 6.54. The summed E-state index contributed by atoms with van der Waals surface area (Å²) in [6, 6.07) is 0. The summed E-state index contributed by atoms with van der Waals surface area (Å²) in [5.41, 5.74) is -0.365. The zero-order valence-corrected chi connectivity index (χ0v) is 10.4. The van der Waals surface area contributed by atoms with Crippen molar-refractivity contribution in [1.29, 1.82) is 0 Å². The molecular formula is C12H22OS. The van der Waals surface area contributed by atoms with Crippen molar-refractivity contribution in [1.82, 2.24) is 0 Å². The van der Waals surface area contributed by atoms with Crippen LogP contribution < -0.4 is 0 Å². The van der Waals surface area contributed by atoms with Gasteiger partial charge in [0.15, 0.2) is 0 Å². The lowest BCUT2D eigenvalue weighted by atomic mass is 9.69. The van der Waals surface area contributed by atoms with E-state index in [0.717, 1.165) is 23.3 Å². The fourth-order valence-electron chi connectivity index (χ4n) is 2.73. The van der Waals surface area contributed by atoms with Crippen molar-refractivity contribution in [2.75, 3.05) is 0 Å². The molecule has 0 saturated carbocycles. The summed E-state index contributed by atoms with van der Waals surface area (Å²) in [5, 5.41) is 12.2. The number of hydrogen-bond acceptors (Lipinski definition) is 2. The molecule has 2 unspecified atom stereocenters. The van der Waals surface area contributed by atoms with Crippen molar-refractivity contribution in [2.45, 2.75) is 69.0 Å². The molecule has 2 atom stereocenters. The Morgan fingerprint density at radius 2 is 1.64 bits per heavy atom. The summed E-state index contributed by atoms with van der Waals surface area (Å²) in [4.78, 5) is 0. The zero-order valence-electron chi connectivity index (χ0n) is 9.55. The molecule has 0 spiro atoms. The maximum absolute atomic E-state index is 10.7. The van der Waals surface area contributed by atoms with Gasteiger partial charge in [-0.2, -0.15) is 11.8 Å². The lowest BCUT2D eigenvalue weighted by molar-refractivity contribution is -0.0776. The Bertz CT molecular complexity index is 207. The first-order chi connectivity index (χ1) is 6.41. The van der Waals surface area contributed by atoms with Crippen molar-refractivity contribution in [3.63, 3.8) is 0 Å². The summed E-state index contributed by atoms with van der Waals surface area (Å²) in [5.74, 6) is 0. The van der Waals surface area contributed by atoms with Crippen LogP contribution in [0.25, 0.3) is 0 Å². The average molecular weight is 214 g/mol. The van der Waals surface area contributed by atoms with Gasteiger partial charge in [-0.05, 0) is 31.1 Å². The van der Waals surface area contributed by atoms with Crippen molar-refractivity contribution in [2.24, 2.45) is 5.41 Å². The molecule has 2 fully saturated rings. The zero-order chi connectivity index (χ0) is 10.4. The molecule has 0 amide bonds. The Morgan fingerprint density at radius 1 is 1.14 bits per heavy atom. The van der Waals surface area contributed by atoms with Gasteiger partial charge in [-0.25, -0.2) is 0 Å². The molecule has 0 aromatic carbocycles. The molecule has 2 heterocycles. The van der Waals surface area contributed by atoms with E-state index in [2.05, 4.69) is 32.5 Å². The Balaban J connectivity index is 2.15. The number of hydrogen-bond donors (Lipinski definition) is 1. The van der Waals surface area contributed by atoms with Crippen LogP contribution >= 0.6 is 11.8 Å². The highest BCUT2D eigenvalue weighted by atomic mass is 32.2. The van der Waals surface area contributed by atoms with Gasteiger partial charge in [-0.1, -0.05) is 27.2 Å². The number of thioether (sulfide) groups is 1. The normalized spacial score (nSPS) is 43.7. The molecule has 1 N–H and O–H groups in total. The van der Waals surface area contributed by atoms with E-state index in [1.165, 1.54) is 19.3 Å². The quantitative estimate of drug-likeness (QED) is 0.668. The lowest BCUT2D eigenvalue weighted by Gasteiger charge is -2.50. The van der Waals surface area contributed by atoms with Gasteiger partial charge in [0.2, 0.25) is 0 Å².